The van der Waals surface area contributed by atoms with Crippen molar-refractivity contribution in [3.63, 3.8) is 0 Å². The SMILES string of the molecule is NC(=S)N(C(=O)c1cc2ccccc2o1)c1cccc(OC(c2ccccc2)C(F)(F)F)c1. The summed E-state index contributed by atoms with van der Waals surface area (Å²) in [6, 6.07) is 21.4. The van der Waals surface area contributed by atoms with Gasteiger partial charge in [0.25, 0.3) is 5.91 Å². The highest BCUT2D eigenvalue weighted by atomic mass is 32.1. The molecule has 33 heavy (non-hydrogen) atoms. The van der Waals surface area contributed by atoms with E-state index in [-0.39, 0.29) is 27.9 Å². The summed E-state index contributed by atoms with van der Waals surface area (Å²) in [6.07, 6.45) is -6.86. The van der Waals surface area contributed by atoms with Crippen LogP contribution in [0.5, 0.6) is 5.75 Å². The molecule has 0 aliphatic heterocycles. The van der Waals surface area contributed by atoms with E-state index < -0.39 is 18.2 Å². The lowest BCUT2D eigenvalue weighted by Crippen LogP contribution is -2.40. The molecule has 5 nitrogen and oxygen atoms in total. The summed E-state index contributed by atoms with van der Waals surface area (Å²) in [7, 11) is 0. The van der Waals surface area contributed by atoms with E-state index in [4.69, 9.17) is 27.1 Å². The van der Waals surface area contributed by atoms with Crippen molar-refractivity contribution in [3.8, 4) is 5.75 Å². The number of anilines is 1. The van der Waals surface area contributed by atoms with Gasteiger partial charge in [0, 0.05) is 17.0 Å². The summed E-state index contributed by atoms with van der Waals surface area (Å²) in [4.78, 5) is 14.1. The van der Waals surface area contributed by atoms with Crippen LogP contribution in [0.1, 0.15) is 22.2 Å². The molecule has 4 rings (SSSR count). The van der Waals surface area contributed by atoms with Crippen molar-refractivity contribution in [1.29, 1.82) is 0 Å². The number of ether oxygens (including phenoxy) is 1. The standard InChI is InChI=1S/C24H17F3N2O3S/c25-24(26,27)21(15-7-2-1-3-8-15)31-18-11-6-10-17(14-18)29(23(28)33)22(30)20-13-16-9-4-5-12-19(16)32-20/h1-14,21H,(H2,28,33). The lowest BCUT2D eigenvalue weighted by Gasteiger charge is -2.24. The number of rotatable bonds is 5. The molecule has 168 valence electrons. The van der Waals surface area contributed by atoms with E-state index in [2.05, 4.69) is 0 Å². The Hall–Kier alpha value is -3.85. The molecule has 0 aliphatic rings. The summed E-state index contributed by atoms with van der Waals surface area (Å²) in [5.41, 5.74) is 6.37. The molecule has 0 radical (unpaired) electrons. The number of fused-ring (bicyclic) bond motifs is 1. The van der Waals surface area contributed by atoms with Gasteiger partial charge in [-0.3, -0.25) is 9.69 Å². The number of halogens is 3. The topological polar surface area (TPSA) is 68.7 Å². The normalized spacial score (nSPS) is 12.3. The van der Waals surface area contributed by atoms with Crippen LogP contribution in [0, 0.1) is 0 Å². The summed E-state index contributed by atoms with van der Waals surface area (Å²) >= 11 is 5.04. The third kappa shape index (κ3) is 4.83. The summed E-state index contributed by atoms with van der Waals surface area (Å²) < 4.78 is 52.0. The Balaban J connectivity index is 1.66. The van der Waals surface area contributed by atoms with Gasteiger partial charge in [0.2, 0.25) is 6.10 Å². The molecule has 0 bridgehead atoms. The number of carbonyl (C=O) groups excluding carboxylic acids is 1. The average Bonchev–Trinajstić information content (AvgIpc) is 3.22. The molecule has 0 saturated heterocycles. The number of thiocarbonyl (C=S) groups is 1. The Morgan fingerprint density at radius 3 is 2.33 bits per heavy atom. The molecule has 3 aromatic carbocycles. The molecule has 1 heterocycles. The predicted octanol–water partition coefficient (Wildman–Crippen LogP) is 6.01. The number of nitrogens with zero attached hydrogens (tertiary/aromatic N) is 1. The average molecular weight is 470 g/mol. The highest BCUT2D eigenvalue weighted by Gasteiger charge is 2.43. The van der Waals surface area contributed by atoms with Crippen LogP contribution >= 0.6 is 12.2 Å². The van der Waals surface area contributed by atoms with E-state index in [0.717, 1.165) is 4.90 Å². The summed E-state index contributed by atoms with van der Waals surface area (Å²) in [5.74, 6) is -0.795. The predicted molar refractivity (Wildman–Crippen MR) is 122 cm³/mol. The number of nitrogens with two attached hydrogens (primary N) is 1. The maximum absolute atomic E-state index is 13.7. The van der Waals surface area contributed by atoms with Crippen LogP contribution in [0.4, 0.5) is 18.9 Å². The molecule has 1 atom stereocenters. The molecule has 1 unspecified atom stereocenters. The highest BCUT2D eigenvalue weighted by molar-refractivity contribution is 7.80. The Bertz CT molecular complexity index is 1270. The number of carbonyl (C=O) groups is 1. The molecule has 1 amide bonds. The van der Waals surface area contributed by atoms with Gasteiger partial charge in [0.05, 0.1) is 5.69 Å². The van der Waals surface area contributed by atoms with Gasteiger partial charge in [-0.1, -0.05) is 54.6 Å². The second-order valence-corrected chi connectivity index (χ2v) is 7.49. The zero-order valence-corrected chi connectivity index (χ0v) is 17.8. The third-order valence-electron chi connectivity index (χ3n) is 4.79. The van der Waals surface area contributed by atoms with Crippen LogP contribution in [0.15, 0.2) is 89.3 Å². The van der Waals surface area contributed by atoms with Crippen molar-refractivity contribution in [2.75, 3.05) is 4.90 Å². The fourth-order valence-corrected chi connectivity index (χ4v) is 3.51. The van der Waals surface area contributed by atoms with Crippen molar-refractivity contribution >= 4 is 39.9 Å². The fourth-order valence-electron chi connectivity index (χ4n) is 3.33. The van der Waals surface area contributed by atoms with Crippen molar-refractivity contribution in [3.05, 3.63) is 96.3 Å². The number of hydrogen-bond donors (Lipinski definition) is 1. The van der Waals surface area contributed by atoms with Gasteiger partial charge < -0.3 is 14.9 Å². The first-order valence-electron chi connectivity index (χ1n) is 9.75. The number of hydrogen-bond acceptors (Lipinski definition) is 4. The first kappa shape index (κ1) is 22.3. The van der Waals surface area contributed by atoms with Crippen molar-refractivity contribution in [1.82, 2.24) is 0 Å². The van der Waals surface area contributed by atoms with Crippen LogP contribution < -0.4 is 15.4 Å². The largest absolute Gasteiger partial charge is 0.476 e. The zero-order valence-electron chi connectivity index (χ0n) is 17.0. The van der Waals surface area contributed by atoms with Gasteiger partial charge in [-0.05, 0) is 36.5 Å². The molecule has 0 spiro atoms. The van der Waals surface area contributed by atoms with Gasteiger partial charge in [0.15, 0.2) is 10.9 Å². The lowest BCUT2D eigenvalue weighted by atomic mass is 10.1. The van der Waals surface area contributed by atoms with Crippen LogP contribution in [0.2, 0.25) is 0 Å². The molecule has 0 aliphatic carbocycles. The van der Waals surface area contributed by atoms with Gasteiger partial charge >= 0.3 is 6.18 Å². The van der Waals surface area contributed by atoms with Gasteiger partial charge in [-0.25, -0.2) is 0 Å². The second kappa shape index (κ2) is 8.95. The minimum atomic E-state index is -4.66. The molecule has 2 N–H and O–H groups in total. The molecule has 9 heteroatoms. The van der Waals surface area contributed by atoms with Crippen molar-refractivity contribution in [2.24, 2.45) is 5.73 Å². The second-order valence-electron chi connectivity index (χ2n) is 7.07. The number of furan rings is 1. The lowest BCUT2D eigenvalue weighted by molar-refractivity contribution is -0.198. The first-order valence-corrected chi connectivity index (χ1v) is 10.2. The number of benzene rings is 3. The monoisotopic (exact) mass is 470 g/mol. The quantitative estimate of drug-likeness (QED) is 0.362. The molecule has 0 fully saturated rings. The fraction of sp³-hybridized carbons (Fsp3) is 0.0833. The first-order chi connectivity index (χ1) is 15.7. The van der Waals surface area contributed by atoms with Crippen LogP contribution in [-0.2, 0) is 0 Å². The smallest absolute Gasteiger partial charge is 0.429 e. The van der Waals surface area contributed by atoms with Gasteiger partial charge in [-0.15, -0.1) is 0 Å². The van der Waals surface area contributed by atoms with Crippen molar-refractivity contribution < 1.29 is 27.1 Å². The number of alkyl halides is 3. The third-order valence-corrected chi connectivity index (χ3v) is 4.97. The van der Waals surface area contributed by atoms with E-state index in [1.807, 2.05) is 0 Å². The minimum absolute atomic E-state index is 0.0206. The van der Waals surface area contributed by atoms with E-state index in [1.165, 1.54) is 48.5 Å². The Morgan fingerprint density at radius 1 is 0.970 bits per heavy atom. The maximum atomic E-state index is 13.7. The van der Waals surface area contributed by atoms with Crippen molar-refractivity contribution in [2.45, 2.75) is 12.3 Å². The Kier molecular flexibility index (Phi) is 6.06. The van der Waals surface area contributed by atoms with Crippen LogP contribution in [0.25, 0.3) is 11.0 Å². The van der Waals surface area contributed by atoms with Crippen LogP contribution in [0.3, 0.4) is 0 Å². The maximum Gasteiger partial charge on any atom is 0.429 e. The van der Waals surface area contributed by atoms with Gasteiger partial charge in [0.1, 0.15) is 11.3 Å². The number of para-hydroxylation sites is 1. The van der Waals surface area contributed by atoms with E-state index >= 15 is 0 Å². The van der Waals surface area contributed by atoms with Crippen LogP contribution in [-0.4, -0.2) is 17.2 Å². The number of amides is 1. The van der Waals surface area contributed by atoms with E-state index in [0.29, 0.717) is 11.0 Å². The minimum Gasteiger partial charge on any atom is -0.476 e. The Labute approximate surface area is 192 Å². The highest BCUT2D eigenvalue weighted by Crippen LogP contribution is 2.37. The molecular weight excluding hydrogens is 453 g/mol. The molecular formula is C24H17F3N2O3S. The van der Waals surface area contributed by atoms with E-state index in [9.17, 15) is 18.0 Å². The zero-order chi connectivity index (χ0) is 23.6. The van der Waals surface area contributed by atoms with E-state index in [1.54, 1.807) is 36.4 Å². The molecule has 0 saturated carbocycles. The summed E-state index contributed by atoms with van der Waals surface area (Å²) in [6.45, 7) is 0. The van der Waals surface area contributed by atoms with Gasteiger partial charge in [-0.2, -0.15) is 13.2 Å². The summed E-state index contributed by atoms with van der Waals surface area (Å²) in [5, 5.41) is 0.407. The molecule has 1 aromatic heterocycles. The molecule has 4 aromatic rings. The Morgan fingerprint density at radius 2 is 1.67 bits per heavy atom.